The molecule has 11 heavy (non-hydrogen) atoms. The predicted molar refractivity (Wildman–Crippen MR) is 48.1 cm³/mol. The summed E-state index contributed by atoms with van der Waals surface area (Å²) in [6.07, 6.45) is 4.64. The van der Waals surface area contributed by atoms with E-state index in [0.717, 1.165) is 12.0 Å². The number of hydrogen-bond donors (Lipinski definition) is 0. The molecule has 0 N–H and O–H groups in total. The van der Waals surface area contributed by atoms with E-state index in [-0.39, 0.29) is 5.83 Å². The van der Waals surface area contributed by atoms with Crippen molar-refractivity contribution < 1.29 is 4.39 Å². The molecule has 0 bridgehead atoms. The van der Waals surface area contributed by atoms with Crippen molar-refractivity contribution in [3.8, 4) is 0 Å². The largest absolute Gasteiger partial charge is 0.212 e. The van der Waals surface area contributed by atoms with E-state index < -0.39 is 0 Å². The standard InChI is InChI=1S/C10H17F/c1-5-6-10(8(2)3)7-9(4)11/h6-8H,5H2,1-4H3/b9-7+,10-6+. The van der Waals surface area contributed by atoms with Gasteiger partial charge in [0.25, 0.3) is 0 Å². The monoisotopic (exact) mass is 156 g/mol. The van der Waals surface area contributed by atoms with E-state index in [1.807, 2.05) is 0 Å². The highest BCUT2D eigenvalue weighted by molar-refractivity contribution is 5.21. The van der Waals surface area contributed by atoms with E-state index in [1.165, 1.54) is 6.92 Å². The van der Waals surface area contributed by atoms with Crippen molar-refractivity contribution in [1.29, 1.82) is 0 Å². The maximum absolute atomic E-state index is 12.5. The molecule has 0 radical (unpaired) electrons. The van der Waals surface area contributed by atoms with Crippen LogP contribution in [0.1, 0.15) is 34.1 Å². The zero-order chi connectivity index (χ0) is 8.85. The molecule has 1 heteroatoms. The summed E-state index contributed by atoms with van der Waals surface area (Å²) in [5.74, 6) is 0.305. The SMILES string of the molecule is CC/C=C(\C=C(/C)F)C(C)C. The van der Waals surface area contributed by atoms with Crippen LogP contribution in [-0.2, 0) is 0 Å². The smallest absolute Gasteiger partial charge is 0.0971 e. The zero-order valence-corrected chi connectivity index (χ0v) is 7.82. The van der Waals surface area contributed by atoms with E-state index in [1.54, 1.807) is 6.08 Å². The lowest BCUT2D eigenvalue weighted by Crippen LogP contribution is -1.90. The fraction of sp³-hybridized carbons (Fsp3) is 0.600. The van der Waals surface area contributed by atoms with Crippen LogP contribution in [0.15, 0.2) is 23.6 Å². The third kappa shape index (κ3) is 4.77. The Balaban J connectivity index is 4.36. The van der Waals surface area contributed by atoms with E-state index in [9.17, 15) is 4.39 Å². The van der Waals surface area contributed by atoms with Gasteiger partial charge in [-0.2, -0.15) is 0 Å². The molecule has 0 aliphatic heterocycles. The average molecular weight is 156 g/mol. The lowest BCUT2D eigenvalue weighted by Gasteiger charge is -2.05. The molecular formula is C10H17F. The van der Waals surface area contributed by atoms with Gasteiger partial charge in [-0.1, -0.05) is 26.8 Å². The minimum atomic E-state index is -0.113. The molecule has 0 aliphatic carbocycles. The predicted octanol–water partition coefficient (Wildman–Crippen LogP) is 3.85. The van der Waals surface area contributed by atoms with Crippen LogP contribution in [0.25, 0.3) is 0 Å². The van der Waals surface area contributed by atoms with E-state index in [0.29, 0.717) is 5.92 Å². The fourth-order valence-electron chi connectivity index (χ4n) is 0.927. The average Bonchev–Trinajstić information content (AvgIpc) is 1.86. The van der Waals surface area contributed by atoms with Gasteiger partial charge in [-0.25, -0.2) is 4.39 Å². The van der Waals surface area contributed by atoms with Crippen LogP contribution in [-0.4, -0.2) is 0 Å². The van der Waals surface area contributed by atoms with Crippen molar-refractivity contribution >= 4 is 0 Å². The van der Waals surface area contributed by atoms with Gasteiger partial charge in [0.2, 0.25) is 0 Å². The molecule has 0 aromatic carbocycles. The van der Waals surface area contributed by atoms with E-state index in [2.05, 4.69) is 26.8 Å². The molecule has 0 aliphatic rings. The molecule has 0 heterocycles. The Hall–Kier alpha value is -0.590. The summed E-state index contributed by atoms with van der Waals surface area (Å²) in [7, 11) is 0. The van der Waals surface area contributed by atoms with Gasteiger partial charge in [0.15, 0.2) is 0 Å². The highest BCUT2D eigenvalue weighted by Gasteiger charge is 1.98. The molecule has 0 saturated heterocycles. The lowest BCUT2D eigenvalue weighted by molar-refractivity contribution is 0.634. The van der Waals surface area contributed by atoms with Gasteiger partial charge in [-0.15, -0.1) is 0 Å². The molecule has 0 aromatic heterocycles. The summed E-state index contributed by atoms with van der Waals surface area (Å²) in [6.45, 7) is 7.68. The molecule has 0 atom stereocenters. The van der Waals surface area contributed by atoms with Gasteiger partial charge in [0.1, 0.15) is 0 Å². The van der Waals surface area contributed by atoms with Gasteiger partial charge in [-0.3, -0.25) is 0 Å². The molecule has 0 fully saturated rings. The van der Waals surface area contributed by atoms with E-state index in [4.69, 9.17) is 0 Å². The van der Waals surface area contributed by atoms with Crippen LogP contribution in [0, 0.1) is 5.92 Å². The maximum Gasteiger partial charge on any atom is 0.0971 e. The van der Waals surface area contributed by atoms with Gasteiger partial charge in [0, 0.05) is 0 Å². The first-order chi connectivity index (χ1) is 5.07. The molecule has 0 amide bonds. The first-order valence-electron chi connectivity index (χ1n) is 4.11. The Labute approximate surface area is 68.8 Å². The van der Waals surface area contributed by atoms with Gasteiger partial charge < -0.3 is 0 Å². The summed E-state index contributed by atoms with van der Waals surface area (Å²) in [5.41, 5.74) is 1.09. The summed E-state index contributed by atoms with van der Waals surface area (Å²) in [6, 6.07) is 0. The first-order valence-corrected chi connectivity index (χ1v) is 4.11. The lowest BCUT2D eigenvalue weighted by atomic mass is 10.0. The highest BCUT2D eigenvalue weighted by Crippen LogP contribution is 2.14. The van der Waals surface area contributed by atoms with Crippen molar-refractivity contribution in [2.24, 2.45) is 5.92 Å². The number of hydrogen-bond acceptors (Lipinski definition) is 0. The van der Waals surface area contributed by atoms with Crippen LogP contribution >= 0.6 is 0 Å². The summed E-state index contributed by atoms with van der Waals surface area (Å²) in [5, 5.41) is 0. The molecule has 0 spiro atoms. The highest BCUT2D eigenvalue weighted by atomic mass is 19.1. The minimum Gasteiger partial charge on any atom is -0.212 e. The fourth-order valence-corrected chi connectivity index (χ4v) is 0.927. The molecule has 64 valence electrons. The Morgan fingerprint density at radius 1 is 1.45 bits per heavy atom. The third-order valence-electron chi connectivity index (χ3n) is 1.47. The van der Waals surface area contributed by atoms with Crippen LogP contribution in [0.2, 0.25) is 0 Å². The van der Waals surface area contributed by atoms with Gasteiger partial charge >= 0.3 is 0 Å². The Morgan fingerprint density at radius 2 is 2.00 bits per heavy atom. The van der Waals surface area contributed by atoms with Crippen LogP contribution in [0.5, 0.6) is 0 Å². The molecule has 0 aromatic rings. The molecule has 0 saturated carbocycles. The van der Waals surface area contributed by atoms with Crippen molar-refractivity contribution in [3.05, 3.63) is 23.6 Å². The number of halogens is 1. The molecule has 0 nitrogen and oxygen atoms in total. The van der Waals surface area contributed by atoms with Crippen LogP contribution < -0.4 is 0 Å². The van der Waals surface area contributed by atoms with Crippen molar-refractivity contribution in [1.82, 2.24) is 0 Å². The van der Waals surface area contributed by atoms with E-state index >= 15 is 0 Å². The molecule has 0 unspecified atom stereocenters. The van der Waals surface area contributed by atoms with Gasteiger partial charge in [-0.05, 0) is 30.9 Å². The van der Waals surface area contributed by atoms with Gasteiger partial charge in [0.05, 0.1) is 5.83 Å². The topological polar surface area (TPSA) is 0 Å². The van der Waals surface area contributed by atoms with Crippen molar-refractivity contribution in [2.75, 3.05) is 0 Å². The zero-order valence-electron chi connectivity index (χ0n) is 7.82. The van der Waals surface area contributed by atoms with Crippen molar-refractivity contribution in [3.63, 3.8) is 0 Å². The Kier molecular flexibility index (Phi) is 4.84. The second-order valence-corrected chi connectivity index (χ2v) is 3.00. The third-order valence-corrected chi connectivity index (χ3v) is 1.47. The van der Waals surface area contributed by atoms with Crippen molar-refractivity contribution in [2.45, 2.75) is 34.1 Å². The maximum atomic E-state index is 12.5. The number of rotatable bonds is 3. The second-order valence-electron chi connectivity index (χ2n) is 3.00. The summed E-state index contributed by atoms with van der Waals surface area (Å²) >= 11 is 0. The Bertz CT molecular complexity index is 160. The normalized spacial score (nSPS) is 14.4. The molecule has 0 rings (SSSR count). The second kappa shape index (κ2) is 5.11. The van der Waals surface area contributed by atoms with Crippen LogP contribution in [0.3, 0.4) is 0 Å². The number of allylic oxidation sites excluding steroid dienone is 4. The first kappa shape index (κ1) is 10.4. The molecular weight excluding hydrogens is 139 g/mol. The van der Waals surface area contributed by atoms with Crippen LogP contribution in [0.4, 0.5) is 4.39 Å². The quantitative estimate of drug-likeness (QED) is 0.544. The minimum absolute atomic E-state index is 0.113. The Morgan fingerprint density at radius 3 is 2.27 bits per heavy atom. The summed E-state index contributed by atoms with van der Waals surface area (Å²) < 4.78 is 12.5. The summed E-state index contributed by atoms with van der Waals surface area (Å²) in [4.78, 5) is 0.